The molecule has 1 saturated carbocycles. The maximum atomic E-state index is 12.8. The van der Waals surface area contributed by atoms with Gasteiger partial charge >= 0.3 is 0 Å². The molecular weight excluding hydrogens is 304 g/mol. The van der Waals surface area contributed by atoms with Crippen LogP contribution in [0.3, 0.4) is 0 Å². The highest BCUT2D eigenvalue weighted by molar-refractivity contribution is 5.98. The fourth-order valence-corrected chi connectivity index (χ4v) is 5.31. The number of hydrogen-bond acceptors (Lipinski definition) is 3. The maximum absolute atomic E-state index is 12.8. The highest BCUT2D eigenvalue weighted by Crippen LogP contribution is 2.51. The third-order valence-electron chi connectivity index (χ3n) is 6.19. The summed E-state index contributed by atoms with van der Waals surface area (Å²) in [5.41, 5.74) is 0.320. The second-order valence-electron chi connectivity index (χ2n) is 8.44. The SMILES string of the molecule is CC(C)C1N(C(=O)CC2CC(=O)NC(=O)C2)CC12CCCCCC2. The average Bonchev–Trinajstić information content (AvgIpc) is 2.70. The average molecular weight is 334 g/mol. The van der Waals surface area contributed by atoms with Gasteiger partial charge in [0.1, 0.15) is 0 Å². The number of likely N-dealkylation sites (tertiary alicyclic amines) is 1. The quantitative estimate of drug-likeness (QED) is 0.807. The van der Waals surface area contributed by atoms with Gasteiger partial charge in [-0.1, -0.05) is 39.5 Å². The van der Waals surface area contributed by atoms with Crippen LogP contribution < -0.4 is 5.32 Å². The normalized spacial score (nSPS) is 27.8. The topological polar surface area (TPSA) is 66.5 Å². The third kappa shape index (κ3) is 3.35. The van der Waals surface area contributed by atoms with Gasteiger partial charge in [-0.05, 0) is 24.7 Å². The van der Waals surface area contributed by atoms with E-state index in [1.54, 1.807) is 0 Å². The molecule has 1 N–H and O–H groups in total. The molecule has 134 valence electrons. The van der Waals surface area contributed by atoms with E-state index in [0.717, 1.165) is 6.54 Å². The second kappa shape index (κ2) is 6.85. The first-order chi connectivity index (χ1) is 11.4. The van der Waals surface area contributed by atoms with Crippen LogP contribution in [0.25, 0.3) is 0 Å². The number of imide groups is 1. The number of hydrogen-bond donors (Lipinski definition) is 1. The van der Waals surface area contributed by atoms with Crippen molar-refractivity contribution in [2.45, 2.75) is 77.7 Å². The summed E-state index contributed by atoms with van der Waals surface area (Å²) in [5.74, 6) is -0.0213. The molecule has 1 unspecified atom stereocenters. The molecule has 2 heterocycles. The van der Waals surface area contributed by atoms with E-state index in [2.05, 4.69) is 19.2 Å². The van der Waals surface area contributed by atoms with Gasteiger partial charge in [0.2, 0.25) is 17.7 Å². The molecule has 2 saturated heterocycles. The minimum Gasteiger partial charge on any atom is -0.338 e. The lowest BCUT2D eigenvalue weighted by Gasteiger charge is -2.60. The zero-order chi connectivity index (χ0) is 17.3. The number of carbonyl (C=O) groups excluding carboxylic acids is 3. The van der Waals surface area contributed by atoms with Crippen molar-refractivity contribution >= 4 is 17.7 Å². The van der Waals surface area contributed by atoms with Crippen molar-refractivity contribution in [3.8, 4) is 0 Å². The van der Waals surface area contributed by atoms with Crippen LogP contribution in [0.2, 0.25) is 0 Å². The van der Waals surface area contributed by atoms with Crippen LogP contribution in [0, 0.1) is 17.3 Å². The molecule has 0 aromatic rings. The Morgan fingerprint density at radius 3 is 2.25 bits per heavy atom. The number of nitrogens with zero attached hydrogens (tertiary/aromatic N) is 1. The Morgan fingerprint density at radius 1 is 1.12 bits per heavy atom. The molecule has 3 rings (SSSR count). The van der Waals surface area contributed by atoms with Gasteiger partial charge in [0.05, 0.1) is 0 Å². The van der Waals surface area contributed by atoms with Gasteiger partial charge in [0.25, 0.3) is 0 Å². The molecule has 3 aliphatic rings. The van der Waals surface area contributed by atoms with Crippen molar-refractivity contribution in [2.75, 3.05) is 6.54 Å². The molecule has 5 nitrogen and oxygen atoms in total. The molecule has 3 amide bonds. The smallest absolute Gasteiger partial charge is 0.226 e. The molecule has 1 aliphatic carbocycles. The van der Waals surface area contributed by atoms with E-state index in [1.165, 1.54) is 38.5 Å². The molecule has 24 heavy (non-hydrogen) atoms. The first kappa shape index (κ1) is 17.4. The largest absolute Gasteiger partial charge is 0.338 e. The zero-order valence-electron chi connectivity index (χ0n) is 15.0. The van der Waals surface area contributed by atoms with E-state index >= 15 is 0 Å². The first-order valence-electron chi connectivity index (χ1n) is 9.53. The summed E-state index contributed by atoms with van der Waals surface area (Å²) in [4.78, 5) is 37.9. The van der Waals surface area contributed by atoms with E-state index in [9.17, 15) is 14.4 Å². The van der Waals surface area contributed by atoms with E-state index in [0.29, 0.717) is 36.6 Å². The van der Waals surface area contributed by atoms with Crippen molar-refractivity contribution in [2.24, 2.45) is 17.3 Å². The van der Waals surface area contributed by atoms with Gasteiger partial charge in [0.15, 0.2) is 0 Å². The molecule has 0 aromatic heterocycles. The summed E-state index contributed by atoms with van der Waals surface area (Å²) in [5, 5.41) is 2.32. The molecule has 1 atom stereocenters. The zero-order valence-corrected chi connectivity index (χ0v) is 15.0. The van der Waals surface area contributed by atoms with Crippen LogP contribution in [0.4, 0.5) is 0 Å². The molecule has 3 fully saturated rings. The van der Waals surface area contributed by atoms with Crippen LogP contribution in [0.15, 0.2) is 0 Å². The predicted molar refractivity (Wildman–Crippen MR) is 91.0 cm³/mol. The van der Waals surface area contributed by atoms with Crippen LogP contribution in [0.5, 0.6) is 0 Å². The van der Waals surface area contributed by atoms with Crippen molar-refractivity contribution in [3.05, 3.63) is 0 Å². The summed E-state index contributed by atoms with van der Waals surface area (Å²) in [6.07, 6.45) is 8.60. The van der Waals surface area contributed by atoms with Crippen molar-refractivity contribution < 1.29 is 14.4 Å². The monoisotopic (exact) mass is 334 g/mol. The van der Waals surface area contributed by atoms with Gasteiger partial charge in [-0.15, -0.1) is 0 Å². The molecule has 5 heteroatoms. The summed E-state index contributed by atoms with van der Waals surface area (Å²) in [6, 6.07) is 0.330. The lowest BCUT2D eigenvalue weighted by atomic mass is 9.62. The second-order valence-corrected chi connectivity index (χ2v) is 8.44. The number of amides is 3. The minimum absolute atomic E-state index is 0.128. The molecule has 0 aromatic carbocycles. The standard InChI is InChI=1S/C19H30N2O3/c1-13(2)18-19(7-5-3-4-6-8-19)12-21(18)17(24)11-14-9-15(22)20-16(23)10-14/h13-14,18H,3-12H2,1-2H3,(H,20,22,23). The van der Waals surface area contributed by atoms with Crippen LogP contribution in [-0.4, -0.2) is 35.2 Å². The van der Waals surface area contributed by atoms with Crippen LogP contribution >= 0.6 is 0 Å². The lowest BCUT2D eigenvalue weighted by Crippen LogP contribution is -2.68. The lowest BCUT2D eigenvalue weighted by molar-refractivity contribution is -0.164. The van der Waals surface area contributed by atoms with Crippen molar-refractivity contribution in [3.63, 3.8) is 0 Å². The Hall–Kier alpha value is -1.39. The molecule has 2 aliphatic heterocycles. The predicted octanol–water partition coefficient (Wildman–Crippen LogP) is 2.64. The van der Waals surface area contributed by atoms with E-state index in [4.69, 9.17) is 0 Å². The molecule has 0 bridgehead atoms. The number of rotatable bonds is 3. The highest BCUT2D eigenvalue weighted by atomic mass is 16.2. The van der Waals surface area contributed by atoms with Gasteiger partial charge in [0, 0.05) is 37.3 Å². The van der Waals surface area contributed by atoms with Gasteiger partial charge in [-0.25, -0.2) is 0 Å². The van der Waals surface area contributed by atoms with Gasteiger partial charge in [-0.3, -0.25) is 19.7 Å². The summed E-state index contributed by atoms with van der Waals surface area (Å²) in [6.45, 7) is 5.31. The Labute approximate surface area is 144 Å². The Balaban J connectivity index is 1.64. The molecule has 0 radical (unpaired) electrons. The number of nitrogens with one attached hydrogen (secondary N) is 1. The van der Waals surface area contributed by atoms with Gasteiger partial charge < -0.3 is 4.90 Å². The Morgan fingerprint density at radius 2 is 1.71 bits per heavy atom. The van der Waals surface area contributed by atoms with Gasteiger partial charge in [-0.2, -0.15) is 0 Å². The van der Waals surface area contributed by atoms with Crippen LogP contribution in [-0.2, 0) is 14.4 Å². The Kier molecular flexibility index (Phi) is 4.97. The maximum Gasteiger partial charge on any atom is 0.226 e. The highest BCUT2D eigenvalue weighted by Gasteiger charge is 2.54. The molecular formula is C19H30N2O3. The summed E-state index contributed by atoms with van der Waals surface area (Å²) < 4.78 is 0. The molecule has 1 spiro atoms. The Bertz CT molecular complexity index is 505. The third-order valence-corrected chi connectivity index (χ3v) is 6.19. The number of carbonyl (C=O) groups is 3. The van der Waals surface area contributed by atoms with E-state index < -0.39 is 0 Å². The van der Waals surface area contributed by atoms with E-state index in [-0.39, 0.29) is 23.6 Å². The summed E-state index contributed by atoms with van der Waals surface area (Å²) >= 11 is 0. The van der Waals surface area contributed by atoms with Crippen molar-refractivity contribution in [1.82, 2.24) is 10.2 Å². The van der Waals surface area contributed by atoms with Crippen LogP contribution in [0.1, 0.15) is 71.6 Å². The minimum atomic E-state index is -0.242. The first-order valence-corrected chi connectivity index (χ1v) is 9.53. The summed E-state index contributed by atoms with van der Waals surface area (Å²) in [7, 11) is 0. The number of piperidine rings is 1. The fraction of sp³-hybridized carbons (Fsp3) is 0.842. The fourth-order valence-electron chi connectivity index (χ4n) is 5.31. The van der Waals surface area contributed by atoms with Crippen molar-refractivity contribution in [1.29, 1.82) is 0 Å². The van der Waals surface area contributed by atoms with E-state index in [1.807, 2.05) is 4.90 Å².